The number of carbonyl (C=O) groups excluding carboxylic acids is 2. The number of carbonyl (C=O) groups is 2. The minimum absolute atomic E-state index is 0.174. The number of Topliss-reactive ketones (excluding diaryl/α,β-unsaturated/α-hetero) is 1. The van der Waals surface area contributed by atoms with Crippen LogP contribution in [0.3, 0.4) is 0 Å². The van der Waals surface area contributed by atoms with E-state index in [0.717, 1.165) is 29.8 Å². The highest BCUT2D eigenvalue weighted by atomic mass is 16.2. The lowest BCUT2D eigenvalue weighted by Crippen LogP contribution is -2.20. The van der Waals surface area contributed by atoms with E-state index in [1.165, 1.54) is 0 Å². The molecule has 7 heteroatoms. The van der Waals surface area contributed by atoms with Gasteiger partial charge in [0, 0.05) is 36.6 Å². The molecule has 2 amide bonds. The molecule has 0 radical (unpaired) electrons. The Bertz CT molecular complexity index is 1010. The lowest BCUT2D eigenvalue weighted by Gasteiger charge is -2.12. The zero-order valence-electron chi connectivity index (χ0n) is 14.9. The van der Waals surface area contributed by atoms with Crippen molar-refractivity contribution >= 4 is 23.5 Å². The first-order valence-electron chi connectivity index (χ1n) is 8.80. The van der Waals surface area contributed by atoms with Crippen LogP contribution in [-0.4, -0.2) is 26.3 Å². The highest BCUT2D eigenvalue weighted by Gasteiger charge is 2.23. The Hall–Kier alpha value is -3.48. The van der Waals surface area contributed by atoms with Gasteiger partial charge in [-0.2, -0.15) is 0 Å². The lowest BCUT2D eigenvalue weighted by atomic mass is 9.97. The summed E-state index contributed by atoms with van der Waals surface area (Å²) >= 11 is 0. The van der Waals surface area contributed by atoms with Gasteiger partial charge in [-0.05, 0) is 37.1 Å². The van der Waals surface area contributed by atoms with Gasteiger partial charge in [-0.3, -0.25) is 10.1 Å². The molecule has 0 atom stereocenters. The standard InChI is InChI=1S/C20H19N5O2/c1-25-16-8-5-9-18(26)14(16)12-17(25)15-10-11-21-19(23-15)24-20(27)22-13-6-3-2-4-7-13/h2-4,6-7,10-12H,5,8-9H2,1H3,(H2,21,22,23,24,27). The van der Waals surface area contributed by atoms with E-state index < -0.39 is 6.03 Å². The second-order valence-electron chi connectivity index (χ2n) is 6.44. The molecular weight excluding hydrogens is 342 g/mol. The molecule has 0 unspecified atom stereocenters. The van der Waals surface area contributed by atoms with Gasteiger partial charge in [0.15, 0.2) is 5.78 Å². The number of rotatable bonds is 3. The number of nitrogens with one attached hydrogen (secondary N) is 2. The van der Waals surface area contributed by atoms with Crippen LogP contribution >= 0.6 is 0 Å². The molecule has 136 valence electrons. The summed E-state index contributed by atoms with van der Waals surface area (Å²) in [6.45, 7) is 0. The van der Waals surface area contributed by atoms with Crippen molar-refractivity contribution in [3.63, 3.8) is 0 Å². The Labute approximate surface area is 156 Å². The average Bonchev–Trinajstić information content (AvgIpc) is 3.01. The van der Waals surface area contributed by atoms with Crippen LogP contribution in [0.5, 0.6) is 0 Å². The smallest absolute Gasteiger partial charge is 0.326 e. The van der Waals surface area contributed by atoms with Crippen molar-refractivity contribution in [2.75, 3.05) is 10.6 Å². The van der Waals surface area contributed by atoms with Gasteiger partial charge in [0.1, 0.15) is 0 Å². The third kappa shape index (κ3) is 3.44. The molecule has 2 N–H and O–H groups in total. The number of nitrogens with zero attached hydrogens (tertiary/aromatic N) is 3. The molecule has 0 bridgehead atoms. The Kier molecular flexibility index (Phi) is 4.42. The average molecular weight is 361 g/mol. The Balaban J connectivity index is 1.56. The van der Waals surface area contributed by atoms with Gasteiger partial charge in [-0.1, -0.05) is 18.2 Å². The van der Waals surface area contributed by atoms with Crippen molar-refractivity contribution in [2.24, 2.45) is 7.05 Å². The fraction of sp³-hybridized carbons (Fsp3) is 0.200. The van der Waals surface area contributed by atoms with Gasteiger partial charge < -0.3 is 9.88 Å². The monoisotopic (exact) mass is 361 g/mol. The molecule has 1 aliphatic carbocycles. The lowest BCUT2D eigenvalue weighted by molar-refractivity contribution is 0.0972. The predicted molar refractivity (Wildman–Crippen MR) is 103 cm³/mol. The van der Waals surface area contributed by atoms with E-state index >= 15 is 0 Å². The molecule has 1 aliphatic rings. The Morgan fingerprint density at radius 1 is 1.11 bits per heavy atom. The highest BCUT2D eigenvalue weighted by Crippen LogP contribution is 2.29. The van der Waals surface area contributed by atoms with Crippen LogP contribution in [0, 0.1) is 0 Å². The summed E-state index contributed by atoms with van der Waals surface area (Å²) in [6.07, 6.45) is 3.94. The zero-order valence-corrected chi connectivity index (χ0v) is 14.9. The van der Waals surface area contributed by atoms with Crippen molar-refractivity contribution < 1.29 is 9.59 Å². The van der Waals surface area contributed by atoms with E-state index in [4.69, 9.17) is 0 Å². The van der Waals surface area contributed by atoms with Crippen molar-refractivity contribution in [1.82, 2.24) is 14.5 Å². The molecule has 27 heavy (non-hydrogen) atoms. The third-order valence-electron chi connectivity index (χ3n) is 4.65. The first-order chi connectivity index (χ1) is 13.1. The fourth-order valence-corrected chi connectivity index (χ4v) is 3.33. The van der Waals surface area contributed by atoms with E-state index in [1.54, 1.807) is 24.4 Å². The largest absolute Gasteiger partial charge is 0.346 e. The molecule has 0 fully saturated rings. The van der Waals surface area contributed by atoms with E-state index in [0.29, 0.717) is 17.8 Å². The number of hydrogen-bond donors (Lipinski definition) is 2. The van der Waals surface area contributed by atoms with Crippen molar-refractivity contribution in [3.05, 3.63) is 59.9 Å². The highest BCUT2D eigenvalue weighted by molar-refractivity contribution is 6.00. The molecule has 0 saturated carbocycles. The van der Waals surface area contributed by atoms with Gasteiger partial charge in [-0.25, -0.2) is 14.8 Å². The molecule has 0 spiro atoms. The number of ketones is 1. The van der Waals surface area contributed by atoms with Crippen LogP contribution in [0.2, 0.25) is 0 Å². The van der Waals surface area contributed by atoms with Gasteiger partial charge in [0.25, 0.3) is 0 Å². The number of benzene rings is 1. The number of fused-ring (bicyclic) bond motifs is 1. The van der Waals surface area contributed by atoms with Crippen LogP contribution in [-0.2, 0) is 13.5 Å². The number of urea groups is 1. The molecule has 0 aliphatic heterocycles. The topological polar surface area (TPSA) is 88.9 Å². The molecule has 4 rings (SSSR count). The zero-order chi connectivity index (χ0) is 18.8. The number of amides is 2. The summed E-state index contributed by atoms with van der Waals surface area (Å²) in [4.78, 5) is 32.9. The summed E-state index contributed by atoms with van der Waals surface area (Å²) < 4.78 is 2.00. The maximum Gasteiger partial charge on any atom is 0.326 e. The quantitative estimate of drug-likeness (QED) is 0.745. The second kappa shape index (κ2) is 7.03. The molecule has 0 saturated heterocycles. The first-order valence-corrected chi connectivity index (χ1v) is 8.80. The molecular formula is C20H19N5O2. The fourth-order valence-electron chi connectivity index (χ4n) is 3.33. The van der Waals surface area contributed by atoms with E-state index in [-0.39, 0.29) is 11.7 Å². The van der Waals surface area contributed by atoms with Crippen molar-refractivity contribution in [1.29, 1.82) is 0 Å². The summed E-state index contributed by atoms with van der Waals surface area (Å²) in [5, 5.41) is 5.37. The Morgan fingerprint density at radius 3 is 2.70 bits per heavy atom. The van der Waals surface area contributed by atoms with Crippen molar-refractivity contribution in [2.45, 2.75) is 19.3 Å². The predicted octanol–water partition coefficient (Wildman–Crippen LogP) is 3.65. The number of hydrogen-bond acceptors (Lipinski definition) is 4. The van der Waals surface area contributed by atoms with Crippen molar-refractivity contribution in [3.8, 4) is 11.4 Å². The van der Waals surface area contributed by atoms with Gasteiger partial charge in [0.2, 0.25) is 5.95 Å². The maximum atomic E-state index is 12.2. The van der Waals surface area contributed by atoms with Crippen LogP contribution < -0.4 is 10.6 Å². The summed E-state index contributed by atoms with van der Waals surface area (Å²) in [7, 11) is 1.93. The normalized spacial score (nSPS) is 13.1. The van der Waals surface area contributed by atoms with Gasteiger partial charge in [-0.15, -0.1) is 0 Å². The molecule has 1 aromatic carbocycles. The van der Waals surface area contributed by atoms with Crippen LogP contribution in [0.1, 0.15) is 28.9 Å². The summed E-state index contributed by atoms with van der Waals surface area (Å²) in [5.74, 6) is 0.374. The van der Waals surface area contributed by atoms with Crippen LogP contribution in [0.15, 0.2) is 48.7 Å². The number of aromatic nitrogens is 3. The van der Waals surface area contributed by atoms with E-state index in [2.05, 4.69) is 20.6 Å². The van der Waals surface area contributed by atoms with Crippen LogP contribution in [0.4, 0.5) is 16.4 Å². The number of anilines is 2. The number of para-hydroxylation sites is 1. The van der Waals surface area contributed by atoms with Crippen LogP contribution in [0.25, 0.3) is 11.4 Å². The molecule has 2 aromatic heterocycles. The SMILES string of the molecule is Cn1c(-c2ccnc(NC(=O)Nc3ccccc3)n2)cc2c1CCCC2=O. The Morgan fingerprint density at radius 2 is 1.93 bits per heavy atom. The van der Waals surface area contributed by atoms with E-state index in [9.17, 15) is 9.59 Å². The van der Waals surface area contributed by atoms with E-state index in [1.807, 2.05) is 35.9 Å². The molecule has 3 aromatic rings. The molecule has 2 heterocycles. The minimum atomic E-state index is -0.417. The van der Waals surface area contributed by atoms with Gasteiger partial charge in [0.05, 0.1) is 11.4 Å². The van der Waals surface area contributed by atoms with Gasteiger partial charge >= 0.3 is 6.03 Å². The second-order valence-corrected chi connectivity index (χ2v) is 6.44. The molecule has 7 nitrogen and oxygen atoms in total. The summed E-state index contributed by atoms with van der Waals surface area (Å²) in [5.41, 5.74) is 3.98. The first kappa shape index (κ1) is 17.0. The minimum Gasteiger partial charge on any atom is -0.346 e. The summed E-state index contributed by atoms with van der Waals surface area (Å²) in [6, 6.07) is 12.4. The maximum absolute atomic E-state index is 12.2. The third-order valence-corrected chi connectivity index (χ3v) is 4.65.